The van der Waals surface area contributed by atoms with Gasteiger partial charge in [-0.2, -0.15) is 4.31 Å². The number of carbonyl (C=O) groups is 2. The molecule has 1 aliphatic rings. The maximum Gasteiger partial charge on any atom is 0.251 e. The number of nitrogens with one attached hydrogen (secondary N) is 1. The first-order valence-corrected chi connectivity index (χ1v) is 12.4. The molecule has 2 aromatic rings. The van der Waals surface area contributed by atoms with Gasteiger partial charge in [-0.05, 0) is 37.6 Å². The van der Waals surface area contributed by atoms with E-state index in [2.05, 4.69) is 5.32 Å². The molecule has 3 rings (SSSR count). The molecule has 1 heterocycles. The van der Waals surface area contributed by atoms with Crippen LogP contribution in [-0.2, 0) is 19.6 Å². The van der Waals surface area contributed by atoms with E-state index in [0.717, 1.165) is 5.56 Å². The highest BCUT2D eigenvalue weighted by Gasteiger charge is 2.33. The van der Waals surface area contributed by atoms with E-state index in [1.54, 1.807) is 11.8 Å². The third-order valence-corrected chi connectivity index (χ3v) is 8.09. The van der Waals surface area contributed by atoms with Crippen LogP contribution in [0.2, 0.25) is 5.02 Å². The molecule has 2 atom stereocenters. The van der Waals surface area contributed by atoms with E-state index >= 15 is 0 Å². The second-order valence-corrected chi connectivity index (χ2v) is 10.2. The Hall–Kier alpha value is -2.46. The molecule has 0 unspecified atom stereocenters. The fourth-order valence-electron chi connectivity index (χ4n) is 3.59. The van der Waals surface area contributed by atoms with E-state index in [0.29, 0.717) is 0 Å². The van der Waals surface area contributed by atoms with Crippen LogP contribution in [0.1, 0.15) is 35.8 Å². The molecular formula is C23H28ClN3O5S. The van der Waals surface area contributed by atoms with Crippen LogP contribution in [0.15, 0.2) is 53.4 Å². The number of nitrogens with zero attached hydrogens (tertiary/aromatic N) is 2. The fraction of sp³-hybridized carbons (Fsp3) is 0.391. The molecule has 0 radical (unpaired) electrons. The number of carbonyl (C=O) groups excluding carboxylic acids is 2. The Balaban J connectivity index is 1.74. The molecule has 33 heavy (non-hydrogen) atoms. The van der Waals surface area contributed by atoms with Crippen molar-refractivity contribution in [2.24, 2.45) is 0 Å². The highest BCUT2D eigenvalue weighted by atomic mass is 35.5. The van der Waals surface area contributed by atoms with Gasteiger partial charge in [0.25, 0.3) is 11.8 Å². The summed E-state index contributed by atoms with van der Waals surface area (Å²) in [6.45, 7) is 4.26. The largest absolute Gasteiger partial charge is 0.372 e. The minimum atomic E-state index is -3.95. The summed E-state index contributed by atoms with van der Waals surface area (Å²) >= 11 is 6.23. The van der Waals surface area contributed by atoms with Crippen molar-refractivity contribution in [2.45, 2.75) is 30.9 Å². The molecule has 0 bridgehead atoms. The van der Waals surface area contributed by atoms with E-state index < -0.39 is 22.0 Å². The van der Waals surface area contributed by atoms with Crippen molar-refractivity contribution >= 4 is 33.4 Å². The van der Waals surface area contributed by atoms with Crippen molar-refractivity contribution in [3.05, 3.63) is 64.7 Å². The van der Waals surface area contributed by atoms with Crippen LogP contribution in [0, 0.1) is 0 Å². The van der Waals surface area contributed by atoms with Crippen LogP contribution in [-0.4, -0.2) is 68.8 Å². The van der Waals surface area contributed by atoms with Crippen LogP contribution in [0.4, 0.5) is 0 Å². The minimum Gasteiger partial charge on any atom is -0.372 e. The number of hydrogen-bond donors (Lipinski definition) is 1. The summed E-state index contributed by atoms with van der Waals surface area (Å²) in [6.07, 6.45) is -0.587. The van der Waals surface area contributed by atoms with Crippen LogP contribution in [0.5, 0.6) is 0 Å². The maximum absolute atomic E-state index is 13.3. The Morgan fingerprint density at radius 3 is 2.27 bits per heavy atom. The van der Waals surface area contributed by atoms with Gasteiger partial charge < -0.3 is 15.0 Å². The van der Waals surface area contributed by atoms with E-state index in [9.17, 15) is 18.0 Å². The second-order valence-electron chi connectivity index (χ2n) is 7.86. The monoisotopic (exact) mass is 493 g/mol. The van der Waals surface area contributed by atoms with Crippen LogP contribution in [0.25, 0.3) is 0 Å². The first kappa shape index (κ1) is 25.2. The van der Waals surface area contributed by atoms with Gasteiger partial charge in [0.15, 0.2) is 0 Å². The molecule has 8 nitrogen and oxygen atoms in total. The number of halogens is 1. The standard InChI is InChI=1S/C23H28ClN3O5S/c1-16(18-7-5-4-6-8-18)25-22(28)19-9-10-20(24)21(15-19)33(30,31)27-13-11-26(12-14-27)23(29)17(2)32-3/h4-10,15-17H,11-14H2,1-3H3,(H,25,28)/t16-,17+/m0/s1. The average Bonchev–Trinajstić information content (AvgIpc) is 2.83. The second kappa shape index (κ2) is 10.6. The summed E-state index contributed by atoms with van der Waals surface area (Å²) in [6, 6.07) is 13.4. The topological polar surface area (TPSA) is 96.0 Å². The molecule has 178 valence electrons. The third kappa shape index (κ3) is 5.73. The fourth-order valence-corrected chi connectivity index (χ4v) is 5.52. The van der Waals surface area contributed by atoms with Crippen LogP contribution in [0.3, 0.4) is 0 Å². The van der Waals surface area contributed by atoms with E-state index in [1.165, 1.54) is 29.6 Å². The zero-order chi connectivity index (χ0) is 24.2. The number of piperazine rings is 1. The van der Waals surface area contributed by atoms with Crippen LogP contribution < -0.4 is 5.32 Å². The summed E-state index contributed by atoms with van der Waals surface area (Å²) in [5.41, 5.74) is 1.13. The maximum atomic E-state index is 13.3. The van der Waals surface area contributed by atoms with Crippen molar-refractivity contribution < 1.29 is 22.7 Å². The smallest absolute Gasteiger partial charge is 0.251 e. The lowest BCUT2D eigenvalue weighted by atomic mass is 10.1. The quantitative estimate of drug-likeness (QED) is 0.639. The zero-order valence-corrected chi connectivity index (χ0v) is 20.4. The Kier molecular flexibility index (Phi) is 8.12. The molecule has 2 amide bonds. The number of benzene rings is 2. The number of sulfonamides is 1. The summed E-state index contributed by atoms with van der Waals surface area (Å²) < 4.78 is 32.9. The first-order chi connectivity index (χ1) is 15.6. The van der Waals surface area contributed by atoms with Crippen molar-refractivity contribution in [3.63, 3.8) is 0 Å². The Bertz CT molecular complexity index is 1100. The van der Waals surface area contributed by atoms with Crippen molar-refractivity contribution in [2.75, 3.05) is 33.3 Å². The molecule has 1 N–H and O–H groups in total. The highest BCUT2D eigenvalue weighted by Crippen LogP contribution is 2.27. The molecule has 0 aromatic heterocycles. The number of hydrogen-bond acceptors (Lipinski definition) is 5. The van der Waals surface area contributed by atoms with Gasteiger partial charge in [0.05, 0.1) is 11.1 Å². The Labute approximate surface area is 199 Å². The van der Waals surface area contributed by atoms with Crippen molar-refractivity contribution in [1.82, 2.24) is 14.5 Å². The number of rotatable bonds is 7. The van der Waals surface area contributed by atoms with Crippen LogP contribution >= 0.6 is 11.6 Å². The molecule has 2 aromatic carbocycles. The van der Waals surface area contributed by atoms with Gasteiger partial charge in [-0.25, -0.2) is 8.42 Å². The predicted molar refractivity (Wildman–Crippen MR) is 126 cm³/mol. The number of ether oxygens (including phenoxy) is 1. The van der Waals surface area contributed by atoms with E-state index in [-0.39, 0.29) is 53.6 Å². The summed E-state index contributed by atoms with van der Waals surface area (Å²) in [7, 11) is -2.50. The van der Waals surface area contributed by atoms with Gasteiger partial charge in [0.2, 0.25) is 10.0 Å². The average molecular weight is 494 g/mol. The number of amides is 2. The minimum absolute atomic E-state index is 0.0363. The highest BCUT2D eigenvalue weighted by molar-refractivity contribution is 7.89. The molecular weight excluding hydrogens is 466 g/mol. The Morgan fingerprint density at radius 2 is 1.67 bits per heavy atom. The lowest BCUT2D eigenvalue weighted by Gasteiger charge is -2.35. The normalized spacial score (nSPS) is 16.8. The molecule has 1 aliphatic heterocycles. The van der Waals surface area contributed by atoms with Crippen molar-refractivity contribution in [1.29, 1.82) is 0 Å². The summed E-state index contributed by atoms with van der Waals surface area (Å²) in [4.78, 5) is 26.5. The van der Waals surface area contributed by atoms with Gasteiger partial charge in [-0.3, -0.25) is 9.59 Å². The molecule has 10 heteroatoms. The number of methoxy groups -OCH3 is 1. The van der Waals surface area contributed by atoms with Crippen molar-refractivity contribution in [3.8, 4) is 0 Å². The van der Waals surface area contributed by atoms with Gasteiger partial charge >= 0.3 is 0 Å². The van der Waals surface area contributed by atoms with Gasteiger partial charge in [0.1, 0.15) is 11.0 Å². The molecule has 1 saturated heterocycles. The summed E-state index contributed by atoms with van der Waals surface area (Å²) in [5.74, 6) is -0.581. The van der Waals surface area contributed by atoms with Gasteiger partial charge in [-0.15, -0.1) is 0 Å². The first-order valence-electron chi connectivity index (χ1n) is 10.6. The summed E-state index contributed by atoms with van der Waals surface area (Å²) in [5, 5.41) is 2.91. The molecule has 1 fully saturated rings. The molecule has 0 spiro atoms. The SMILES string of the molecule is CO[C@H](C)C(=O)N1CCN(S(=O)(=O)c2cc(C(=O)N[C@@H](C)c3ccccc3)ccc2Cl)CC1. The lowest BCUT2D eigenvalue weighted by molar-refractivity contribution is -0.142. The Morgan fingerprint density at radius 1 is 1.03 bits per heavy atom. The van der Waals surface area contributed by atoms with E-state index in [4.69, 9.17) is 16.3 Å². The zero-order valence-electron chi connectivity index (χ0n) is 18.8. The van der Waals surface area contributed by atoms with Gasteiger partial charge in [-0.1, -0.05) is 41.9 Å². The molecule has 0 aliphatic carbocycles. The predicted octanol–water partition coefficient (Wildman–Crippen LogP) is 2.70. The third-order valence-electron chi connectivity index (χ3n) is 5.71. The lowest BCUT2D eigenvalue weighted by Crippen LogP contribution is -2.52. The van der Waals surface area contributed by atoms with E-state index in [1.807, 2.05) is 37.3 Å². The van der Waals surface area contributed by atoms with Gasteiger partial charge in [0, 0.05) is 38.9 Å². The molecule has 0 saturated carbocycles.